The van der Waals surface area contributed by atoms with Crippen molar-refractivity contribution in [3.05, 3.63) is 126 Å². The molecule has 23 nitrogen and oxygen atoms in total. The fourth-order valence-electron chi connectivity index (χ4n) is 6.41. The predicted octanol–water partition coefficient (Wildman–Crippen LogP) is 7.30. The normalized spacial score (nSPS) is 16.1. The number of nitrogens with two attached hydrogens (primary N) is 1. The van der Waals surface area contributed by atoms with Crippen molar-refractivity contribution in [2.45, 2.75) is 57.2 Å². The molecule has 0 unspecified atom stereocenters. The number of carbonyl (C=O) groups excluding carboxylic acids is 2. The number of halogens is 7. The molecular weight excluding hydrogens is 1390 g/mol. The summed E-state index contributed by atoms with van der Waals surface area (Å²) < 4.78 is 125. The lowest BCUT2D eigenvalue weighted by Gasteiger charge is -2.32. The number of aromatic nitrogens is 2. The Kier molecular flexibility index (Phi) is 26.9. The van der Waals surface area contributed by atoms with Gasteiger partial charge in [0, 0.05) is 46.5 Å². The van der Waals surface area contributed by atoms with E-state index in [0.29, 0.717) is 78.0 Å². The van der Waals surface area contributed by atoms with Gasteiger partial charge in [0.05, 0.1) is 94.2 Å². The van der Waals surface area contributed by atoms with Crippen LogP contribution in [0.3, 0.4) is 0 Å². The van der Waals surface area contributed by atoms with Crippen molar-refractivity contribution < 1.29 is 86.9 Å². The van der Waals surface area contributed by atoms with E-state index in [1.165, 1.54) is 61.2 Å². The minimum Gasteiger partial charge on any atom is -0.485 e. The van der Waals surface area contributed by atoms with Crippen LogP contribution in [0.1, 0.15) is 58.8 Å². The summed E-state index contributed by atoms with van der Waals surface area (Å²) >= 11 is 28.8. The Morgan fingerprint density at radius 3 is 1.42 bits per heavy atom. The molecule has 6 heterocycles. The van der Waals surface area contributed by atoms with Crippen LogP contribution in [0.15, 0.2) is 88.1 Å². The Balaban J connectivity index is 0.000000236. The number of carbonyl (C=O) groups is 3. The zero-order chi connectivity index (χ0) is 63.1. The van der Waals surface area contributed by atoms with Crippen molar-refractivity contribution in [3.8, 4) is 28.4 Å². The number of ether oxygens (including phenoxy) is 6. The van der Waals surface area contributed by atoms with Gasteiger partial charge in [0.25, 0.3) is 11.8 Å². The fraction of sp³-hybridized carbons (Fsp3) is 0.380. The summed E-state index contributed by atoms with van der Waals surface area (Å²) in [5, 5.41) is 13.6. The van der Waals surface area contributed by atoms with Crippen LogP contribution in [0.25, 0.3) is 11.1 Å². The minimum absolute atomic E-state index is 0.0304. The number of nitrogens with one attached hydrogen (secondary N) is 2. The molecule has 0 aliphatic carbocycles. The van der Waals surface area contributed by atoms with E-state index in [1.807, 2.05) is 37.1 Å². The molecule has 0 radical (unpaired) electrons. The van der Waals surface area contributed by atoms with E-state index in [4.69, 9.17) is 77.6 Å². The summed E-state index contributed by atoms with van der Waals surface area (Å²) in [4.78, 5) is 42.1. The molecule has 2 aromatic heterocycles. The molecule has 460 valence electrons. The molecule has 4 saturated heterocycles. The zero-order valence-corrected chi connectivity index (χ0v) is 54.4. The fourth-order valence-corrected chi connectivity index (χ4v) is 8.45. The standard InChI is InChI=1S/C16H14Cl2N2O5S.C11H14BClFNO2.C11H12BrNO5S.C10H9BrO4.CH3Cl.CH5NO2S/c1-26(22,23)20-16(21)9-2-3-12(10-4-13(17)15(18)19-6-10)14(5-9)25-11-7-24-8-11;1-10(2)11(3,4)17-12(16-10)7-5-8(13)9(14)15-6-7;1-19(15,16)13-11(14)7-2-3-9(12)10(4-7)18-8-5-17-6-8;11-8-2-1-6(10(12)13)3-9(8)15-7-4-14-5-7;1-2;1-5(2,3)4/h2-6,11H,7-8H2,1H3,(H,20,21);5-6H,1-4H3;2-4,8H,5-6H2,1H3,(H,13,14);1-3,7H,4-5H2,(H,12,13);1H3;1H3,(H2,2,3,4). The second kappa shape index (κ2) is 31.4. The number of rotatable bonds is 13. The highest BCUT2D eigenvalue weighted by Crippen LogP contribution is 2.38. The van der Waals surface area contributed by atoms with Gasteiger partial charge in [-0.3, -0.25) is 9.59 Å². The smallest absolute Gasteiger partial charge is 0.485 e. The highest BCUT2D eigenvalue weighted by atomic mass is 79.9. The lowest BCUT2D eigenvalue weighted by molar-refractivity contribution is -0.0799. The van der Waals surface area contributed by atoms with Gasteiger partial charge >= 0.3 is 13.1 Å². The van der Waals surface area contributed by atoms with Gasteiger partial charge in [-0.1, -0.05) is 34.8 Å². The quantitative estimate of drug-likeness (QED) is 0.0510. The Labute approximate surface area is 522 Å². The van der Waals surface area contributed by atoms with Crippen LogP contribution in [0.2, 0.25) is 15.2 Å². The first-order valence-electron chi connectivity index (χ1n) is 24.0. The second-order valence-corrected chi connectivity index (χ2v) is 27.0. The Morgan fingerprint density at radius 2 is 1.04 bits per heavy atom. The van der Waals surface area contributed by atoms with Gasteiger partial charge in [-0.05, 0) is 126 Å². The number of carboxylic acid groups (broad SMARTS) is 1. The molecule has 3 aromatic carbocycles. The number of carboxylic acids is 1. The highest BCUT2D eigenvalue weighted by molar-refractivity contribution is 9.11. The lowest BCUT2D eigenvalue weighted by atomic mass is 9.80. The zero-order valence-electron chi connectivity index (χ0n) is 45.8. The molecule has 0 spiro atoms. The van der Waals surface area contributed by atoms with Crippen LogP contribution < -0.4 is 34.3 Å². The Morgan fingerprint density at radius 1 is 0.643 bits per heavy atom. The summed E-state index contributed by atoms with van der Waals surface area (Å²) in [7, 11) is -11.0. The molecule has 0 bridgehead atoms. The van der Waals surface area contributed by atoms with Crippen molar-refractivity contribution in [1.82, 2.24) is 19.4 Å². The van der Waals surface area contributed by atoms with Crippen molar-refractivity contribution in [3.63, 3.8) is 0 Å². The van der Waals surface area contributed by atoms with Gasteiger partial charge in [-0.2, -0.15) is 4.39 Å². The number of primary sulfonamides is 1. The number of aromatic carboxylic acids is 1. The maximum atomic E-state index is 13.0. The van der Waals surface area contributed by atoms with E-state index in [1.54, 1.807) is 24.3 Å². The molecule has 4 aliphatic heterocycles. The van der Waals surface area contributed by atoms with E-state index in [9.17, 15) is 44.0 Å². The molecule has 5 aromatic rings. The van der Waals surface area contributed by atoms with Crippen molar-refractivity contribution in [2.24, 2.45) is 5.14 Å². The van der Waals surface area contributed by atoms with E-state index in [2.05, 4.69) is 58.6 Å². The maximum absolute atomic E-state index is 13.0. The van der Waals surface area contributed by atoms with Crippen LogP contribution in [-0.2, 0) is 53.6 Å². The predicted molar refractivity (Wildman–Crippen MR) is 321 cm³/mol. The monoisotopic (exact) mass is 1440 g/mol. The molecule has 2 amide bonds. The van der Waals surface area contributed by atoms with E-state index in [-0.39, 0.29) is 50.2 Å². The first kappa shape index (κ1) is 72.0. The number of hydrogen-bond acceptors (Lipinski definition) is 19. The Bertz CT molecular complexity index is 3480. The first-order valence-corrected chi connectivity index (χ1v) is 33.3. The van der Waals surface area contributed by atoms with Gasteiger partial charge in [0.2, 0.25) is 36.0 Å². The van der Waals surface area contributed by atoms with E-state index >= 15 is 0 Å². The average Bonchev–Trinajstić information content (AvgIpc) is 2.55. The van der Waals surface area contributed by atoms with Gasteiger partial charge in [-0.25, -0.2) is 54.6 Å². The van der Waals surface area contributed by atoms with Gasteiger partial charge < -0.3 is 42.8 Å². The number of pyridine rings is 2. The van der Waals surface area contributed by atoms with Crippen molar-refractivity contribution in [2.75, 3.05) is 64.8 Å². The molecule has 0 atom stereocenters. The molecule has 4 fully saturated rings. The summed E-state index contributed by atoms with van der Waals surface area (Å²) in [6.45, 7) is 10.8. The molecular formula is C50H57BBr2Cl4FN5O18S3. The van der Waals surface area contributed by atoms with Crippen molar-refractivity contribution in [1.29, 1.82) is 0 Å². The van der Waals surface area contributed by atoms with Crippen molar-refractivity contribution >= 4 is 139 Å². The number of benzene rings is 3. The van der Waals surface area contributed by atoms with Crippen LogP contribution in [-0.4, -0.2) is 160 Å². The molecule has 84 heavy (non-hydrogen) atoms. The maximum Gasteiger partial charge on any atom is 0.496 e. The summed E-state index contributed by atoms with van der Waals surface area (Å²) in [6.07, 6.45) is 6.99. The third kappa shape index (κ3) is 23.3. The van der Waals surface area contributed by atoms with Gasteiger partial charge in [0.15, 0.2) is 0 Å². The third-order valence-electron chi connectivity index (χ3n) is 11.3. The van der Waals surface area contributed by atoms with Gasteiger partial charge in [-0.15, -0.1) is 11.6 Å². The molecule has 4 aliphatic rings. The first-order chi connectivity index (χ1) is 39.0. The molecule has 9 rings (SSSR count). The van der Waals surface area contributed by atoms with Crippen LogP contribution >= 0.6 is 78.3 Å². The highest BCUT2D eigenvalue weighted by Gasteiger charge is 2.52. The summed E-state index contributed by atoms with van der Waals surface area (Å²) in [6, 6.07) is 17.0. The molecule has 5 N–H and O–H groups in total. The average molecular weight is 1440 g/mol. The number of alkyl halides is 1. The third-order valence-corrected chi connectivity index (χ3v) is 14.7. The number of amides is 2. The summed E-state index contributed by atoms with van der Waals surface area (Å²) in [5.41, 5.74) is 1.61. The van der Waals surface area contributed by atoms with Crippen LogP contribution in [0.4, 0.5) is 4.39 Å². The Hall–Kier alpha value is -4.51. The van der Waals surface area contributed by atoms with Crippen LogP contribution in [0.5, 0.6) is 17.2 Å². The largest absolute Gasteiger partial charge is 0.496 e. The van der Waals surface area contributed by atoms with Crippen LogP contribution in [0, 0.1) is 5.95 Å². The number of sulfonamides is 3. The molecule has 0 saturated carbocycles. The second-order valence-electron chi connectivity index (χ2n) is 19.0. The van der Waals surface area contributed by atoms with E-state index < -0.39 is 72.1 Å². The summed E-state index contributed by atoms with van der Waals surface area (Å²) in [5.74, 6) is -1.67. The number of nitrogens with zero attached hydrogens (tertiary/aromatic N) is 2. The minimum atomic E-state index is -3.68. The topological polar surface area (TPSA) is 324 Å². The SMILES string of the molecule is CC1(C)OB(c2cnc(F)c(Cl)c2)OC1(C)C.CCl.CS(=O)(=O)NC(=O)c1ccc(-c2cnc(Cl)c(Cl)c2)c(OC2COC2)c1.CS(=O)(=O)NC(=O)c1ccc(Br)c(OC2COC2)c1.CS(N)(=O)=O.O=C(O)c1ccc(Br)c(OC2COC2)c1. The van der Waals surface area contributed by atoms with E-state index in [0.717, 1.165) is 23.2 Å². The lowest BCUT2D eigenvalue weighted by Crippen LogP contribution is -2.41. The molecule has 34 heteroatoms. The van der Waals surface area contributed by atoms with Gasteiger partial charge in [0.1, 0.15) is 40.7 Å². The number of hydrogen-bond donors (Lipinski definition) is 4.